The molecule has 0 unspecified atom stereocenters. The molecule has 0 spiro atoms. The van der Waals surface area contributed by atoms with E-state index in [-0.39, 0.29) is 0 Å². The summed E-state index contributed by atoms with van der Waals surface area (Å²) in [5, 5.41) is 3.52. The van der Waals surface area contributed by atoms with E-state index in [1.54, 1.807) is 0 Å². The van der Waals surface area contributed by atoms with Crippen LogP contribution in [0, 0.1) is 11.8 Å². The molecule has 0 aliphatic carbocycles. The van der Waals surface area contributed by atoms with Gasteiger partial charge in [-0.25, -0.2) is 8.78 Å². The number of carbonyl (C=O) groups is 2. The summed E-state index contributed by atoms with van der Waals surface area (Å²) >= 11 is 1.18. The highest BCUT2D eigenvalue weighted by atomic mass is 32.2. The van der Waals surface area contributed by atoms with Crippen molar-refractivity contribution in [2.24, 2.45) is 16.8 Å². The number of alkyl halides is 2. The van der Waals surface area contributed by atoms with Crippen LogP contribution in [0.1, 0.15) is 6.92 Å². The third-order valence-corrected chi connectivity index (χ3v) is 4.27. The molecule has 5 atom stereocenters. The lowest BCUT2D eigenvalue weighted by Crippen LogP contribution is -2.51. The van der Waals surface area contributed by atoms with E-state index in [1.165, 1.54) is 11.8 Å². The van der Waals surface area contributed by atoms with Gasteiger partial charge in [0.25, 0.3) is 6.43 Å². The topological polar surface area (TPSA) is 67.8 Å². The average molecular weight is 292 g/mol. The summed E-state index contributed by atoms with van der Waals surface area (Å²) in [7, 11) is 0. The van der Waals surface area contributed by atoms with Crippen molar-refractivity contribution in [3.05, 3.63) is 0 Å². The van der Waals surface area contributed by atoms with Crippen LogP contribution in [0.25, 0.3) is 0 Å². The molecule has 2 heterocycles. The van der Waals surface area contributed by atoms with Crippen molar-refractivity contribution in [3.8, 4) is 0 Å². The monoisotopic (exact) mass is 292 g/mol. The Balaban J connectivity index is 2.23. The van der Waals surface area contributed by atoms with Gasteiger partial charge in [-0.2, -0.15) is 0 Å². The molecular weight excluding hydrogens is 278 g/mol. The molecule has 8 heteroatoms. The first-order valence-corrected chi connectivity index (χ1v) is 6.82. The number of aldehydes is 2. The van der Waals surface area contributed by atoms with Crippen LogP contribution in [0.2, 0.25) is 0 Å². The number of amidine groups is 1. The molecule has 2 aliphatic heterocycles. The van der Waals surface area contributed by atoms with Crippen LogP contribution in [0.15, 0.2) is 4.99 Å². The lowest BCUT2D eigenvalue weighted by molar-refractivity contribution is -0.157. The number of hydrogen-bond donors (Lipinski definition) is 1. The van der Waals surface area contributed by atoms with Gasteiger partial charge in [0.1, 0.15) is 24.1 Å². The van der Waals surface area contributed by atoms with Crippen LogP contribution in [-0.2, 0) is 14.3 Å². The Hall–Kier alpha value is -1.02. The summed E-state index contributed by atoms with van der Waals surface area (Å²) in [6, 6.07) is -0.582. The van der Waals surface area contributed by atoms with Crippen LogP contribution in [0.3, 0.4) is 0 Å². The third kappa shape index (κ3) is 2.64. The van der Waals surface area contributed by atoms with Crippen molar-refractivity contribution in [1.29, 1.82) is 0 Å². The van der Waals surface area contributed by atoms with Crippen LogP contribution in [0.4, 0.5) is 8.78 Å². The maximum Gasteiger partial charge on any atom is 0.265 e. The van der Waals surface area contributed by atoms with Crippen molar-refractivity contribution in [3.63, 3.8) is 0 Å². The van der Waals surface area contributed by atoms with Crippen molar-refractivity contribution in [1.82, 2.24) is 5.32 Å². The number of nitrogens with zero attached hydrogens (tertiary/aromatic N) is 1. The molecule has 0 aromatic rings. The van der Waals surface area contributed by atoms with Crippen molar-refractivity contribution < 1.29 is 23.1 Å². The van der Waals surface area contributed by atoms with E-state index in [4.69, 9.17) is 4.74 Å². The Morgan fingerprint density at radius 2 is 2.11 bits per heavy atom. The summed E-state index contributed by atoms with van der Waals surface area (Å²) in [5.74, 6) is -2.01. The van der Waals surface area contributed by atoms with Crippen LogP contribution < -0.4 is 5.32 Å². The number of halogens is 2. The molecule has 0 bridgehead atoms. The number of ether oxygens (including phenoxy) is 1. The number of aliphatic imine (C=N–C) groups is 1. The highest BCUT2D eigenvalue weighted by Crippen LogP contribution is 2.41. The summed E-state index contributed by atoms with van der Waals surface area (Å²) in [6.07, 6.45) is -3.44. The van der Waals surface area contributed by atoms with Gasteiger partial charge in [0, 0.05) is 6.54 Å². The number of fused-ring (bicyclic) bond motifs is 1. The fourth-order valence-electron chi connectivity index (χ4n) is 2.28. The molecule has 0 aromatic heterocycles. The van der Waals surface area contributed by atoms with Crippen molar-refractivity contribution >= 4 is 29.5 Å². The van der Waals surface area contributed by atoms with E-state index in [0.717, 1.165) is 0 Å². The average Bonchev–Trinajstić information content (AvgIpc) is 2.78. The Bertz CT molecular complexity index is 394. The maximum atomic E-state index is 12.9. The molecule has 0 saturated carbocycles. The van der Waals surface area contributed by atoms with Crippen molar-refractivity contribution in [2.45, 2.75) is 30.9 Å². The van der Waals surface area contributed by atoms with Gasteiger partial charge in [0.05, 0.1) is 17.9 Å². The zero-order valence-corrected chi connectivity index (χ0v) is 11.0. The van der Waals surface area contributed by atoms with Gasteiger partial charge < -0.3 is 19.6 Å². The molecule has 0 amide bonds. The normalized spacial score (nSPS) is 37.7. The van der Waals surface area contributed by atoms with E-state index < -0.39 is 35.8 Å². The minimum absolute atomic E-state index is 0.373. The van der Waals surface area contributed by atoms with Gasteiger partial charge in [-0.1, -0.05) is 11.8 Å². The van der Waals surface area contributed by atoms with E-state index in [0.29, 0.717) is 24.3 Å². The third-order valence-electron chi connectivity index (χ3n) is 3.17. The van der Waals surface area contributed by atoms with Crippen LogP contribution in [0.5, 0.6) is 0 Å². The fourth-order valence-corrected chi connectivity index (χ4v) is 3.48. The second-order valence-corrected chi connectivity index (χ2v) is 5.39. The van der Waals surface area contributed by atoms with Crippen LogP contribution >= 0.6 is 11.8 Å². The minimum Gasteiger partial charge on any atom is -0.365 e. The molecule has 2 aliphatic rings. The molecule has 1 saturated heterocycles. The smallest absolute Gasteiger partial charge is 0.265 e. The highest BCUT2D eigenvalue weighted by Gasteiger charge is 2.51. The largest absolute Gasteiger partial charge is 0.365 e. The first kappa shape index (κ1) is 14.4. The second kappa shape index (κ2) is 5.96. The second-order valence-electron chi connectivity index (χ2n) is 4.30. The van der Waals surface area contributed by atoms with Gasteiger partial charge in [-0.05, 0) is 6.92 Å². The maximum absolute atomic E-state index is 12.9. The summed E-state index contributed by atoms with van der Waals surface area (Å²) in [5.41, 5.74) is -0.639. The molecule has 1 N–H and O–H groups in total. The Labute approximate surface area is 113 Å². The molecule has 0 radical (unpaired) electrons. The first-order chi connectivity index (χ1) is 9.12. The zero-order chi connectivity index (χ0) is 14.0. The lowest BCUT2D eigenvalue weighted by atomic mass is 9.82. The number of nitrogens with one attached hydrogen (secondary N) is 1. The lowest BCUT2D eigenvalue weighted by Gasteiger charge is -2.38. The molecule has 19 heavy (non-hydrogen) atoms. The molecular formula is C11H14F2N2O3S. The number of hydrogen-bond acceptors (Lipinski definition) is 6. The first-order valence-electron chi connectivity index (χ1n) is 5.94. The van der Waals surface area contributed by atoms with E-state index >= 15 is 0 Å². The quantitative estimate of drug-likeness (QED) is 0.772. The number of rotatable bonds is 4. The minimum atomic E-state index is -2.80. The summed E-state index contributed by atoms with van der Waals surface area (Å²) in [4.78, 5) is 26.4. The Morgan fingerprint density at radius 1 is 1.42 bits per heavy atom. The molecule has 1 fully saturated rings. The van der Waals surface area contributed by atoms with Gasteiger partial charge in [-0.15, -0.1) is 0 Å². The Morgan fingerprint density at radius 3 is 2.63 bits per heavy atom. The van der Waals surface area contributed by atoms with Gasteiger partial charge >= 0.3 is 0 Å². The van der Waals surface area contributed by atoms with E-state index in [1.807, 2.05) is 6.92 Å². The molecule has 106 valence electrons. The molecule has 2 rings (SSSR count). The Kier molecular flexibility index (Phi) is 4.51. The predicted octanol–water partition coefficient (Wildman–Crippen LogP) is 0.687. The van der Waals surface area contributed by atoms with Crippen molar-refractivity contribution in [2.75, 3.05) is 6.54 Å². The van der Waals surface area contributed by atoms with Crippen LogP contribution in [-0.4, -0.2) is 48.3 Å². The van der Waals surface area contributed by atoms with E-state index in [2.05, 4.69) is 10.3 Å². The number of carbonyl (C=O) groups excluding carboxylic acids is 2. The number of thioether (sulfide) groups is 1. The van der Waals surface area contributed by atoms with E-state index in [9.17, 15) is 18.4 Å². The molecule has 5 nitrogen and oxygen atoms in total. The van der Waals surface area contributed by atoms with Gasteiger partial charge in [0.2, 0.25) is 0 Å². The summed E-state index contributed by atoms with van der Waals surface area (Å²) < 4.78 is 31.1. The molecule has 0 aromatic carbocycles. The predicted molar refractivity (Wildman–Crippen MR) is 66.3 cm³/mol. The fraction of sp³-hybridized carbons (Fsp3) is 0.727. The van der Waals surface area contributed by atoms with Gasteiger partial charge in [-0.3, -0.25) is 4.99 Å². The highest BCUT2D eigenvalue weighted by molar-refractivity contribution is 8.14. The zero-order valence-electron chi connectivity index (χ0n) is 10.2. The summed E-state index contributed by atoms with van der Waals surface area (Å²) in [6.45, 7) is 2.51. The SMILES string of the molecule is CCNC1=N[C@@H]2[C@@H](C=O)[C@@H](C=O)[C@@H](C(F)F)O[C@@H]2S1. The standard InChI is InChI=1S/C11H14F2N2O3S/c1-2-14-11-15-7-5(3-16)6(4-17)8(9(12)13)18-10(7)19-11/h3-10H,2H2,1H3,(H,14,15)/t5-,6+,7+,8-,10+/m0/s1. The van der Waals surface area contributed by atoms with Gasteiger partial charge in [0.15, 0.2) is 5.17 Å².